The van der Waals surface area contributed by atoms with Crippen LogP contribution in [0.15, 0.2) is 85.2 Å². The van der Waals surface area contributed by atoms with Crippen LogP contribution in [0.5, 0.6) is 0 Å². The molecule has 1 unspecified atom stereocenters. The van der Waals surface area contributed by atoms with Gasteiger partial charge in [0.2, 0.25) is 0 Å². The maximum atomic E-state index is 6.08. The van der Waals surface area contributed by atoms with E-state index in [4.69, 9.17) is 16.6 Å². The lowest BCUT2D eigenvalue weighted by Gasteiger charge is -2.11. The molecule has 5 aromatic rings. The van der Waals surface area contributed by atoms with E-state index in [-0.39, 0.29) is 6.04 Å². The lowest BCUT2D eigenvalue weighted by atomic mass is 10.1. The molecule has 0 radical (unpaired) electrons. The van der Waals surface area contributed by atoms with Gasteiger partial charge in [0.1, 0.15) is 17.0 Å². The van der Waals surface area contributed by atoms with Crippen LogP contribution in [0.1, 0.15) is 18.5 Å². The zero-order valence-corrected chi connectivity index (χ0v) is 16.5. The Bertz CT molecular complexity index is 1270. The minimum absolute atomic E-state index is 0.0793. The summed E-state index contributed by atoms with van der Waals surface area (Å²) in [7, 11) is 0. The van der Waals surface area contributed by atoms with Gasteiger partial charge < -0.3 is 0 Å². The van der Waals surface area contributed by atoms with E-state index in [1.54, 1.807) is 0 Å². The highest BCUT2D eigenvalue weighted by molar-refractivity contribution is 6.30. The summed E-state index contributed by atoms with van der Waals surface area (Å²) in [5.74, 6) is 0. The lowest BCUT2D eigenvalue weighted by Crippen LogP contribution is -2.07. The van der Waals surface area contributed by atoms with Crippen molar-refractivity contribution in [3.8, 4) is 22.6 Å². The fourth-order valence-corrected chi connectivity index (χ4v) is 3.63. The van der Waals surface area contributed by atoms with Crippen LogP contribution < -0.4 is 0 Å². The van der Waals surface area contributed by atoms with Crippen molar-refractivity contribution in [3.63, 3.8) is 0 Å². The molecule has 0 amide bonds. The minimum atomic E-state index is 0.0793. The molecule has 5 nitrogen and oxygen atoms in total. The number of fused-ring (bicyclic) bond motifs is 1. The minimum Gasteiger partial charge on any atom is -0.298 e. The fraction of sp³-hybridized carbons (Fsp3) is 0.0870. The molecule has 0 aliphatic rings. The molecule has 6 heteroatoms. The maximum Gasteiger partial charge on any atom is 0.137 e. The normalized spacial score (nSPS) is 12.3. The van der Waals surface area contributed by atoms with E-state index in [2.05, 4.69) is 29.4 Å². The van der Waals surface area contributed by atoms with Gasteiger partial charge in [0.25, 0.3) is 0 Å². The number of hydrogen-bond acceptors (Lipinski definition) is 3. The Morgan fingerprint density at radius 1 is 0.897 bits per heavy atom. The standard InChI is InChI=1S/C23H18ClN5/c1-16(17-7-3-2-4-8-17)29-15-20(26-27-29)23-22(18-10-12-19(24)13-11-18)25-21-9-5-6-14-28(21)23/h2-16H,1H3. The molecule has 0 aliphatic heterocycles. The number of halogens is 1. The van der Waals surface area contributed by atoms with Gasteiger partial charge in [-0.25, -0.2) is 9.67 Å². The quantitative estimate of drug-likeness (QED) is 0.399. The van der Waals surface area contributed by atoms with E-state index < -0.39 is 0 Å². The first-order valence-electron chi connectivity index (χ1n) is 9.41. The number of nitrogens with zero attached hydrogens (tertiary/aromatic N) is 5. The first kappa shape index (κ1) is 17.6. The second-order valence-electron chi connectivity index (χ2n) is 6.92. The zero-order valence-electron chi connectivity index (χ0n) is 15.8. The number of rotatable bonds is 4. The van der Waals surface area contributed by atoms with E-state index in [1.807, 2.05) is 82.1 Å². The van der Waals surface area contributed by atoms with Crippen molar-refractivity contribution < 1.29 is 0 Å². The third kappa shape index (κ3) is 3.19. The third-order valence-corrected chi connectivity index (χ3v) is 5.33. The SMILES string of the molecule is CC(c1ccccc1)n1cc(-c2c(-c3ccc(Cl)cc3)nc3ccccn23)nn1. The van der Waals surface area contributed by atoms with Crippen LogP contribution in [0, 0.1) is 0 Å². The van der Waals surface area contributed by atoms with Gasteiger partial charge >= 0.3 is 0 Å². The molecule has 0 saturated heterocycles. The number of pyridine rings is 1. The van der Waals surface area contributed by atoms with Gasteiger partial charge in [0.15, 0.2) is 0 Å². The molecule has 1 atom stereocenters. The summed E-state index contributed by atoms with van der Waals surface area (Å²) in [5.41, 5.74) is 5.56. The van der Waals surface area contributed by atoms with Gasteiger partial charge in [-0.2, -0.15) is 0 Å². The van der Waals surface area contributed by atoms with Crippen molar-refractivity contribution in [3.05, 3.63) is 95.8 Å². The first-order chi connectivity index (χ1) is 14.2. The molecule has 0 fully saturated rings. The van der Waals surface area contributed by atoms with E-state index >= 15 is 0 Å². The topological polar surface area (TPSA) is 48.0 Å². The molecular weight excluding hydrogens is 382 g/mol. The van der Waals surface area contributed by atoms with Crippen LogP contribution in [0.4, 0.5) is 0 Å². The predicted octanol–water partition coefficient (Wildman–Crippen LogP) is 5.52. The van der Waals surface area contributed by atoms with Crippen LogP contribution in [0.2, 0.25) is 5.02 Å². The molecule has 142 valence electrons. The molecule has 5 rings (SSSR count). The van der Waals surface area contributed by atoms with Crippen LogP contribution in [-0.4, -0.2) is 24.4 Å². The summed E-state index contributed by atoms with van der Waals surface area (Å²) in [6, 6.07) is 24.0. The Hall–Kier alpha value is -3.44. The van der Waals surface area contributed by atoms with Crippen LogP contribution in [-0.2, 0) is 0 Å². The van der Waals surface area contributed by atoms with Crippen molar-refractivity contribution in [2.24, 2.45) is 0 Å². The fourth-order valence-electron chi connectivity index (χ4n) is 3.51. The average molecular weight is 400 g/mol. The van der Waals surface area contributed by atoms with Crippen LogP contribution in [0.3, 0.4) is 0 Å². The molecule has 0 bridgehead atoms. The summed E-state index contributed by atoms with van der Waals surface area (Å²) in [6.07, 6.45) is 3.98. The van der Waals surface area contributed by atoms with Crippen molar-refractivity contribution in [1.82, 2.24) is 24.4 Å². The number of hydrogen-bond donors (Lipinski definition) is 0. The van der Waals surface area contributed by atoms with E-state index in [9.17, 15) is 0 Å². The summed E-state index contributed by atoms with van der Waals surface area (Å²) in [5, 5.41) is 9.59. The Labute approximate surface area is 173 Å². The second kappa shape index (κ2) is 7.18. The van der Waals surface area contributed by atoms with Gasteiger partial charge in [-0.3, -0.25) is 4.40 Å². The first-order valence-corrected chi connectivity index (χ1v) is 9.79. The summed E-state index contributed by atoms with van der Waals surface area (Å²) in [6.45, 7) is 2.11. The number of imidazole rings is 1. The summed E-state index contributed by atoms with van der Waals surface area (Å²) in [4.78, 5) is 4.84. The second-order valence-corrected chi connectivity index (χ2v) is 7.35. The molecule has 0 N–H and O–H groups in total. The van der Waals surface area contributed by atoms with Gasteiger partial charge in [-0.05, 0) is 36.8 Å². The Morgan fingerprint density at radius 2 is 1.66 bits per heavy atom. The van der Waals surface area contributed by atoms with Gasteiger partial charge in [0, 0.05) is 16.8 Å². The Kier molecular flexibility index (Phi) is 4.37. The molecule has 2 aromatic carbocycles. The zero-order chi connectivity index (χ0) is 19.8. The summed E-state index contributed by atoms with van der Waals surface area (Å²) < 4.78 is 3.93. The van der Waals surface area contributed by atoms with Crippen molar-refractivity contribution in [2.75, 3.05) is 0 Å². The van der Waals surface area contributed by atoms with E-state index in [0.29, 0.717) is 5.02 Å². The molecule has 0 aliphatic carbocycles. The van der Waals surface area contributed by atoms with Gasteiger partial charge in [0.05, 0.1) is 17.9 Å². The van der Waals surface area contributed by atoms with Crippen LogP contribution >= 0.6 is 11.6 Å². The van der Waals surface area contributed by atoms with Crippen LogP contribution in [0.25, 0.3) is 28.3 Å². The van der Waals surface area contributed by atoms with Gasteiger partial charge in [-0.1, -0.05) is 65.3 Å². The monoisotopic (exact) mass is 399 g/mol. The molecule has 29 heavy (non-hydrogen) atoms. The highest BCUT2D eigenvalue weighted by atomic mass is 35.5. The molecule has 0 spiro atoms. The summed E-state index contributed by atoms with van der Waals surface area (Å²) >= 11 is 6.08. The van der Waals surface area contributed by atoms with E-state index in [1.165, 1.54) is 5.56 Å². The Morgan fingerprint density at radius 3 is 2.45 bits per heavy atom. The Balaban J connectivity index is 1.64. The lowest BCUT2D eigenvalue weighted by molar-refractivity contribution is 0.543. The highest BCUT2D eigenvalue weighted by Gasteiger charge is 2.20. The smallest absolute Gasteiger partial charge is 0.137 e. The molecular formula is C23H18ClN5. The van der Waals surface area contributed by atoms with Crippen molar-refractivity contribution in [1.29, 1.82) is 0 Å². The van der Waals surface area contributed by atoms with E-state index in [0.717, 1.165) is 28.3 Å². The maximum absolute atomic E-state index is 6.08. The highest BCUT2D eigenvalue weighted by Crippen LogP contribution is 2.32. The number of benzene rings is 2. The third-order valence-electron chi connectivity index (χ3n) is 5.08. The molecule has 3 aromatic heterocycles. The van der Waals surface area contributed by atoms with Crippen molar-refractivity contribution >= 4 is 17.2 Å². The average Bonchev–Trinajstić information content (AvgIpc) is 3.39. The van der Waals surface area contributed by atoms with Crippen molar-refractivity contribution in [2.45, 2.75) is 13.0 Å². The largest absolute Gasteiger partial charge is 0.298 e. The number of aromatic nitrogens is 5. The molecule has 3 heterocycles. The predicted molar refractivity (Wildman–Crippen MR) is 115 cm³/mol. The molecule has 0 saturated carbocycles. The van der Waals surface area contributed by atoms with Gasteiger partial charge in [-0.15, -0.1) is 5.10 Å².